The van der Waals surface area contributed by atoms with Gasteiger partial charge in [0.1, 0.15) is 11.6 Å². The topological polar surface area (TPSA) is 109 Å². The summed E-state index contributed by atoms with van der Waals surface area (Å²) in [6.07, 6.45) is 7.64. The normalized spacial score (nSPS) is 17.8. The molecule has 46 heavy (non-hydrogen) atoms. The Bertz CT molecular complexity index is 1630. The van der Waals surface area contributed by atoms with Crippen molar-refractivity contribution < 1.29 is 18.8 Å². The van der Waals surface area contributed by atoms with Crippen LogP contribution in [-0.2, 0) is 22.4 Å². The van der Waals surface area contributed by atoms with Crippen LogP contribution in [0, 0.1) is 11.3 Å². The smallest absolute Gasteiger partial charge is 0.287 e. The van der Waals surface area contributed by atoms with Crippen molar-refractivity contribution in [3.05, 3.63) is 80.7 Å². The summed E-state index contributed by atoms with van der Waals surface area (Å²) in [6.45, 7) is 8.85. The highest BCUT2D eigenvalue weighted by Crippen LogP contribution is 2.46. The van der Waals surface area contributed by atoms with Crippen LogP contribution in [0.1, 0.15) is 94.3 Å². The largest absolute Gasteiger partial charge is 0.451 e. The lowest BCUT2D eigenvalue weighted by Gasteiger charge is -2.48. The molecule has 5 rings (SSSR count). The fourth-order valence-corrected chi connectivity index (χ4v) is 7.23. The van der Waals surface area contributed by atoms with Crippen LogP contribution < -0.4 is 16.1 Å². The van der Waals surface area contributed by atoms with Gasteiger partial charge >= 0.3 is 0 Å². The van der Waals surface area contributed by atoms with Crippen LogP contribution in [0.4, 0.5) is 0 Å². The van der Waals surface area contributed by atoms with Crippen molar-refractivity contribution in [2.45, 2.75) is 97.1 Å². The van der Waals surface area contributed by atoms with Gasteiger partial charge in [-0.15, -0.1) is 0 Å². The number of rotatable bonds is 8. The van der Waals surface area contributed by atoms with E-state index in [1.807, 2.05) is 45.9 Å². The van der Waals surface area contributed by atoms with E-state index in [1.54, 1.807) is 29.2 Å². The summed E-state index contributed by atoms with van der Waals surface area (Å²) in [4.78, 5) is 56.3. The van der Waals surface area contributed by atoms with Gasteiger partial charge in [-0.2, -0.15) is 0 Å². The average Bonchev–Trinajstić information content (AvgIpc) is 3.04. The highest BCUT2D eigenvalue weighted by Gasteiger charge is 2.49. The Hall–Kier alpha value is -3.65. The second-order valence-electron chi connectivity index (χ2n) is 14.0. The molecule has 1 aliphatic heterocycles. The van der Waals surface area contributed by atoms with Gasteiger partial charge in [0, 0.05) is 36.1 Å². The SMILES string of the molecule is CCc1ccc2oc(C(=O)N[C@H](Cc3ccc(Cl)cc3)C(=O)N3CCC(C(=O)NC(C)(C)C)(C4CCCCC4)CC3)cc(=O)c2c1. The van der Waals surface area contributed by atoms with Crippen LogP contribution in [0.25, 0.3) is 11.0 Å². The van der Waals surface area contributed by atoms with Crippen molar-refractivity contribution in [1.82, 2.24) is 15.5 Å². The first-order chi connectivity index (χ1) is 21.9. The van der Waals surface area contributed by atoms with E-state index in [9.17, 15) is 19.2 Å². The van der Waals surface area contributed by atoms with Crippen LogP contribution in [0.5, 0.6) is 0 Å². The van der Waals surface area contributed by atoms with E-state index < -0.39 is 17.4 Å². The van der Waals surface area contributed by atoms with Crippen molar-refractivity contribution in [3.63, 3.8) is 0 Å². The number of carbonyl (C=O) groups is 3. The van der Waals surface area contributed by atoms with Crippen LogP contribution in [0.2, 0.25) is 5.02 Å². The maximum absolute atomic E-state index is 14.2. The molecule has 1 saturated carbocycles. The Balaban J connectivity index is 1.38. The number of carbonyl (C=O) groups excluding carboxylic acids is 3. The van der Waals surface area contributed by atoms with Crippen LogP contribution in [-0.4, -0.2) is 47.3 Å². The number of benzene rings is 2. The maximum Gasteiger partial charge on any atom is 0.287 e. The highest BCUT2D eigenvalue weighted by molar-refractivity contribution is 6.30. The predicted molar refractivity (Wildman–Crippen MR) is 181 cm³/mol. The van der Waals surface area contributed by atoms with Gasteiger partial charge in [-0.1, -0.05) is 56.0 Å². The van der Waals surface area contributed by atoms with Gasteiger partial charge in [0.15, 0.2) is 11.2 Å². The summed E-state index contributed by atoms with van der Waals surface area (Å²) in [5.41, 5.74) is 0.954. The van der Waals surface area contributed by atoms with Gasteiger partial charge in [0.25, 0.3) is 5.91 Å². The van der Waals surface area contributed by atoms with Gasteiger partial charge in [0.2, 0.25) is 11.8 Å². The first-order valence-corrected chi connectivity index (χ1v) is 17.0. The number of nitrogens with zero attached hydrogens (tertiary/aromatic N) is 1. The number of piperidine rings is 1. The van der Waals surface area contributed by atoms with Gasteiger partial charge in [-0.25, -0.2) is 0 Å². The molecule has 3 aromatic rings. The first-order valence-electron chi connectivity index (χ1n) is 16.6. The van der Waals surface area contributed by atoms with E-state index in [2.05, 4.69) is 10.6 Å². The van der Waals surface area contributed by atoms with E-state index in [4.69, 9.17) is 16.0 Å². The molecule has 8 nitrogen and oxygen atoms in total. The van der Waals surface area contributed by atoms with Crippen molar-refractivity contribution in [2.24, 2.45) is 11.3 Å². The number of fused-ring (bicyclic) bond motifs is 1. The lowest BCUT2D eigenvalue weighted by molar-refractivity contribution is -0.147. The monoisotopic (exact) mass is 647 g/mol. The lowest BCUT2D eigenvalue weighted by atomic mass is 9.63. The van der Waals surface area contributed by atoms with Crippen molar-refractivity contribution >= 4 is 40.3 Å². The summed E-state index contributed by atoms with van der Waals surface area (Å²) < 4.78 is 5.86. The first kappa shape index (κ1) is 33.7. The quantitative estimate of drug-likeness (QED) is 0.292. The van der Waals surface area contributed by atoms with E-state index >= 15 is 0 Å². The molecule has 0 spiro atoms. The van der Waals surface area contributed by atoms with E-state index in [0.29, 0.717) is 41.9 Å². The molecule has 0 unspecified atom stereocenters. The van der Waals surface area contributed by atoms with Crippen LogP contribution in [0.15, 0.2) is 57.7 Å². The summed E-state index contributed by atoms with van der Waals surface area (Å²) in [5.74, 6) is -0.641. The van der Waals surface area contributed by atoms with Crippen molar-refractivity contribution in [1.29, 1.82) is 0 Å². The number of aryl methyl sites for hydroxylation is 1. The molecule has 1 aromatic heterocycles. The minimum Gasteiger partial charge on any atom is -0.451 e. The average molecular weight is 648 g/mol. The number of halogens is 1. The van der Waals surface area contributed by atoms with Gasteiger partial charge in [-0.05, 0) is 94.2 Å². The summed E-state index contributed by atoms with van der Waals surface area (Å²) in [7, 11) is 0. The molecule has 0 bridgehead atoms. The van der Waals surface area contributed by atoms with Crippen LogP contribution >= 0.6 is 11.6 Å². The molecule has 1 atom stereocenters. The summed E-state index contributed by atoms with van der Waals surface area (Å²) >= 11 is 6.12. The zero-order valence-corrected chi connectivity index (χ0v) is 28.2. The minimum atomic E-state index is -0.914. The molecule has 2 fully saturated rings. The molecule has 2 aromatic carbocycles. The highest BCUT2D eigenvalue weighted by atomic mass is 35.5. The maximum atomic E-state index is 14.2. The molecule has 2 heterocycles. The molecule has 0 radical (unpaired) electrons. The molecule has 1 aliphatic carbocycles. The standard InChI is InChI=1S/C37H46ClN3O5/c1-5-24-13-16-31-28(21-24)30(42)23-32(46-31)33(43)39-29(22-25-11-14-27(38)15-12-25)34(44)41-19-17-37(18-20-41,26-9-7-6-8-10-26)35(45)40-36(2,3)4/h11-16,21,23,26,29H,5-10,17-20,22H2,1-4H3,(H,39,43)(H,40,45)/t29-/m1/s1. The molecule has 2 aliphatic rings. The molecule has 3 amide bonds. The third-order valence-corrected chi connectivity index (χ3v) is 9.93. The number of amides is 3. The fraction of sp³-hybridized carbons (Fsp3) is 0.514. The number of hydrogen-bond acceptors (Lipinski definition) is 5. The van der Waals surface area contributed by atoms with Crippen molar-refractivity contribution in [3.8, 4) is 0 Å². The zero-order valence-electron chi connectivity index (χ0n) is 27.4. The number of nitrogens with one attached hydrogen (secondary N) is 2. The van der Waals surface area contributed by atoms with E-state index in [0.717, 1.165) is 43.2 Å². The Morgan fingerprint density at radius 3 is 2.26 bits per heavy atom. The fourth-order valence-electron chi connectivity index (χ4n) is 7.11. The third kappa shape index (κ3) is 7.65. The molecule has 9 heteroatoms. The molecular weight excluding hydrogens is 602 g/mol. The third-order valence-electron chi connectivity index (χ3n) is 9.67. The Morgan fingerprint density at radius 1 is 0.978 bits per heavy atom. The Labute approximate surface area is 276 Å². The second-order valence-corrected chi connectivity index (χ2v) is 14.5. The van der Waals surface area contributed by atoms with E-state index in [-0.39, 0.29) is 40.9 Å². The zero-order chi connectivity index (χ0) is 33.1. The molecule has 2 N–H and O–H groups in total. The minimum absolute atomic E-state index is 0.0856. The molecular formula is C37H46ClN3O5. The van der Waals surface area contributed by atoms with E-state index in [1.165, 1.54) is 12.5 Å². The molecule has 1 saturated heterocycles. The summed E-state index contributed by atoms with van der Waals surface area (Å²) in [5, 5.41) is 7.11. The lowest BCUT2D eigenvalue weighted by Crippen LogP contribution is -2.59. The summed E-state index contributed by atoms with van der Waals surface area (Å²) in [6, 6.07) is 12.8. The Morgan fingerprint density at radius 2 is 1.63 bits per heavy atom. The van der Waals surface area contributed by atoms with Crippen molar-refractivity contribution in [2.75, 3.05) is 13.1 Å². The van der Waals surface area contributed by atoms with Gasteiger partial charge in [0.05, 0.1) is 10.8 Å². The van der Waals surface area contributed by atoms with Gasteiger partial charge in [-0.3, -0.25) is 19.2 Å². The van der Waals surface area contributed by atoms with Crippen LogP contribution in [0.3, 0.4) is 0 Å². The second kappa shape index (κ2) is 14.0. The predicted octanol–water partition coefficient (Wildman–Crippen LogP) is 6.45. The Kier molecular flexibility index (Phi) is 10.3. The van der Waals surface area contributed by atoms with Gasteiger partial charge < -0.3 is 20.0 Å². The number of likely N-dealkylation sites (tertiary alicyclic amines) is 1. The number of hydrogen-bond donors (Lipinski definition) is 2. The molecule has 246 valence electrons.